The molecule has 2 aromatic rings. The second-order valence-electron chi connectivity index (χ2n) is 4.47. The van der Waals surface area contributed by atoms with Crippen molar-refractivity contribution in [1.29, 1.82) is 0 Å². The number of aromatic nitrogens is 2. The Balaban J connectivity index is 1.93. The van der Waals surface area contributed by atoms with E-state index in [1.807, 2.05) is 18.2 Å². The summed E-state index contributed by atoms with van der Waals surface area (Å²) in [5.41, 5.74) is 7.23. The van der Waals surface area contributed by atoms with Gasteiger partial charge in [0, 0.05) is 11.6 Å². The minimum atomic E-state index is -0.193. The van der Waals surface area contributed by atoms with Crippen LogP contribution in [0.2, 0.25) is 0 Å². The first-order chi connectivity index (χ1) is 9.70. The van der Waals surface area contributed by atoms with Gasteiger partial charge in [0.25, 0.3) is 5.91 Å². The van der Waals surface area contributed by atoms with E-state index in [-0.39, 0.29) is 11.9 Å². The van der Waals surface area contributed by atoms with Crippen molar-refractivity contribution in [2.45, 2.75) is 32.4 Å². The zero-order valence-corrected chi connectivity index (χ0v) is 12.2. The lowest BCUT2D eigenvalue weighted by atomic mass is 10.2. The van der Waals surface area contributed by atoms with Gasteiger partial charge in [0.1, 0.15) is 10.7 Å². The van der Waals surface area contributed by atoms with E-state index >= 15 is 0 Å². The molecular formula is C14H18N4OS. The van der Waals surface area contributed by atoms with Gasteiger partial charge in [-0.2, -0.15) is 0 Å². The van der Waals surface area contributed by atoms with Crippen molar-refractivity contribution in [3.05, 3.63) is 46.2 Å². The summed E-state index contributed by atoms with van der Waals surface area (Å²) in [4.78, 5) is 20.4. The largest absolute Gasteiger partial charge is 0.345 e. The summed E-state index contributed by atoms with van der Waals surface area (Å²) in [7, 11) is 0. The van der Waals surface area contributed by atoms with Crippen LogP contribution in [0.15, 0.2) is 29.8 Å². The van der Waals surface area contributed by atoms with Crippen molar-refractivity contribution in [3.63, 3.8) is 0 Å². The van der Waals surface area contributed by atoms with Crippen LogP contribution in [0.5, 0.6) is 0 Å². The first kappa shape index (κ1) is 14.6. The van der Waals surface area contributed by atoms with Crippen LogP contribution in [-0.2, 0) is 6.54 Å². The molecule has 6 heteroatoms. The average molecular weight is 290 g/mol. The minimum Gasteiger partial charge on any atom is -0.345 e. The molecular weight excluding hydrogens is 272 g/mol. The van der Waals surface area contributed by atoms with E-state index in [1.54, 1.807) is 11.6 Å². The lowest BCUT2D eigenvalue weighted by molar-refractivity contribution is 0.0946. The van der Waals surface area contributed by atoms with Crippen molar-refractivity contribution in [1.82, 2.24) is 15.3 Å². The third-order valence-corrected chi connectivity index (χ3v) is 3.80. The molecule has 0 aliphatic rings. The van der Waals surface area contributed by atoms with Crippen LogP contribution in [0, 0.1) is 0 Å². The van der Waals surface area contributed by atoms with Gasteiger partial charge in [0.05, 0.1) is 18.3 Å². The molecule has 106 valence electrons. The molecule has 0 aromatic carbocycles. The highest BCUT2D eigenvalue weighted by Gasteiger charge is 2.14. The highest BCUT2D eigenvalue weighted by atomic mass is 32.1. The number of hydrogen-bond donors (Lipinski definition) is 2. The number of rotatable bonds is 6. The number of nitrogens with two attached hydrogens (primary N) is 1. The Bertz CT molecular complexity index is 555. The predicted molar refractivity (Wildman–Crippen MR) is 79.4 cm³/mol. The molecule has 2 aromatic heterocycles. The van der Waals surface area contributed by atoms with Gasteiger partial charge in [-0.1, -0.05) is 19.4 Å². The first-order valence-corrected chi connectivity index (χ1v) is 7.47. The van der Waals surface area contributed by atoms with Crippen molar-refractivity contribution in [3.8, 4) is 0 Å². The lowest BCUT2D eigenvalue weighted by Gasteiger charge is -2.05. The number of nitrogens with zero attached hydrogens (tertiary/aromatic N) is 2. The zero-order valence-electron chi connectivity index (χ0n) is 11.4. The van der Waals surface area contributed by atoms with Gasteiger partial charge in [0.2, 0.25) is 0 Å². The van der Waals surface area contributed by atoms with E-state index in [0.29, 0.717) is 12.2 Å². The van der Waals surface area contributed by atoms with Crippen molar-refractivity contribution in [2.24, 2.45) is 5.73 Å². The van der Waals surface area contributed by atoms with Crippen LogP contribution in [0.3, 0.4) is 0 Å². The summed E-state index contributed by atoms with van der Waals surface area (Å²) in [6.45, 7) is 2.47. The highest BCUT2D eigenvalue weighted by Crippen LogP contribution is 2.20. The Kier molecular flexibility index (Phi) is 5.20. The van der Waals surface area contributed by atoms with E-state index < -0.39 is 0 Å². The van der Waals surface area contributed by atoms with Crippen LogP contribution in [0.1, 0.15) is 47.0 Å². The molecule has 2 heterocycles. The molecule has 0 saturated carbocycles. The van der Waals surface area contributed by atoms with Gasteiger partial charge in [0.15, 0.2) is 0 Å². The smallest absolute Gasteiger partial charge is 0.271 e. The summed E-state index contributed by atoms with van der Waals surface area (Å²) in [5.74, 6) is -0.193. The van der Waals surface area contributed by atoms with E-state index in [4.69, 9.17) is 5.73 Å². The van der Waals surface area contributed by atoms with Crippen LogP contribution in [0.25, 0.3) is 0 Å². The molecule has 1 atom stereocenters. The molecule has 0 saturated heterocycles. The third-order valence-electron chi connectivity index (χ3n) is 2.83. The molecule has 1 unspecified atom stereocenters. The Hall–Kier alpha value is -1.79. The Morgan fingerprint density at radius 2 is 2.35 bits per heavy atom. The fourth-order valence-electron chi connectivity index (χ4n) is 1.76. The van der Waals surface area contributed by atoms with Gasteiger partial charge in [-0.05, 0) is 18.6 Å². The van der Waals surface area contributed by atoms with Crippen molar-refractivity contribution >= 4 is 17.2 Å². The topological polar surface area (TPSA) is 80.9 Å². The second kappa shape index (κ2) is 7.12. The summed E-state index contributed by atoms with van der Waals surface area (Å²) in [6.07, 6.45) is 3.58. The Morgan fingerprint density at radius 3 is 3.05 bits per heavy atom. The third kappa shape index (κ3) is 3.85. The monoisotopic (exact) mass is 290 g/mol. The lowest BCUT2D eigenvalue weighted by Crippen LogP contribution is -2.23. The molecule has 0 aliphatic carbocycles. The van der Waals surface area contributed by atoms with Crippen LogP contribution >= 0.6 is 11.3 Å². The molecule has 0 fully saturated rings. The summed E-state index contributed by atoms with van der Waals surface area (Å²) in [5, 5.41) is 5.36. The fraction of sp³-hybridized carbons (Fsp3) is 0.357. The normalized spacial score (nSPS) is 12.1. The number of carbonyl (C=O) groups is 1. The predicted octanol–water partition coefficient (Wildman–Crippen LogP) is 2.27. The molecule has 2 rings (SSSR count). The molecule has 0 aliphatic heterocycles. The van der Waals surface area contributed by atoms with Crippen LogP contribution in [0.4, 0.5) is 0 Å². The van der Waals surface area contributed by atoms with Gasteiger partial charge in [-0.25, -0.2) is 4.98 Å². The van der Waals surface area contributed by atoms with Crippen molar-refractivity contribution in [2.75, 3.05) is 0 Å². The fourth-order valence-corrected chi connectivity index (χ4v) is 2.60. The maximum atomic E-state index is 12.0. The number of nitrogens with one attached hydrogen (secondary N) is 1. The first-order valence-electron chi connectivity index (χ1n) is 6.59. The minimum absolute atomic E-state index is 0.0812. The number of thiazole rings is 1. The summed E-state index contributed by atoms with van der Waals surface area (Å²) < 4.78 is 0. The molecule has 0 spiro atoms. The molecule has 0 radical (unpaired) electrons. The van der Waals surface area contributed by atoms with E-state index in [1.165, 1.54) is 11.3 Å². The Labute approximate surface area is 122 Å². The Morgan fingerprint density at radius 1 is 1.50 bits per heavy atom. The highest BCUT2D eigenvalue weighted by molar-refractivity contribution is 7.09. The standard InChI is InChI=1S/C14H18N4OS/c1-2-5-11(15)14-18-12(9-20-14)13(19)17-8-10-6-3-4-7-16-10/h3-4,6-7,9,11H,2,5,8,15H2,1H3,(H,17,19). The molecule has 0 bridgehead atoms. The average Bonchev–Trinajstić information content (AvgIpc) is 2.96. The maximum absolute atomic E-state index is 12.0. The van der Waals surface area contributed by atoms with Gasteiger partial charge >= 0.3 is 0 Å². The summed E-state index contributed by atoms with van der Waals surface area (Å²) in [6, 6.07) is 5.51. The van der Waals surface area contributed by atoms with Crippen LogP contribution < -0.4 is 11.1 Å². The van der Waals surface area contributed by atoms with E-state index in [2.05, 4.69) is 22.2 Å². The zero-order chi connectivity index (χ0) is 14.4. The molecule has 1 amide bonds. The number of amides is 1. The number of carbonyl (C=O) groups excluding carboxylic acids is 1. The van der Waals surface area contributed by atoms with E-state index in [0.717, 1.165) is 23.5 Å². The van der Waals surface area contributed by atoms with Crippen LogP contribution in [-0.4, -0.2) is 15.9 Å². The van der Waals surface area contributed by atoms with Gasteiger partial charge in [-0.3, -0.25) is 9.78 Å². The SMILES string of the molecule is CCCC(N)c1nc(C(=O)NCc2ccccn2)cs1. The maximum Gasteiger partial charge on any atom is 0.271 e. The number of pyridine rings is 1. The van der Waals surface area contributed by atoms with Gasteiger partial charge in [-0.15, -0.1) is 11.3 Å². The van der Waals surface area contributed by atoms with Gasteiger partial charge < -0.3 is 11.1 Å². The van der Waals surface area contributed by atoms with E-state index in [9.17, 15) is 4.79 Å². The summed E-state index contributed by atoms with van der Waals surface area (Å²) >= 11 is 1.44. The molecule has 3 N–H and O–H groups in total. The van der Waals surface area contributed by atoms with Crippen molar-refractivity contribution < 1.29 is 4.79 Å². The molecule has 20 heavy (non-hydrogen) atoms. The second-order valence-corrected chi connectivity index (χ2v) is 5.36. The number of hydrogen-bond acceptors (Lipinski definition) is 5. The molecule has 5 nitrogen and oxygen atoms in total. The quantitative estimate of drug-likeness (QED) is 0.855.